The largest absolute Gasteiger partial charge is 0.326 e. The molecular formula is C29H28N2. The lowest BCUT2D eigenvalue weighted by molar-refractivity contribution is 0.337. The van der Waals surface area contributed by atoms with E-state index in [1.165, 1.54) is 33.4 Å². The molecule has 2 heteroatoms. The van der Waals surface area contributed by atoms with Crippen LogP contribution in [0.25, 0.3) is 11.1 Å². The molecule has 5 rings (SSSR count). The Labute approximate surface area is 184 Å². The van der Waals surface area contributed by atoms with Gasteiger partial charge < -0.3 is 11.5 Å². The van der Waals surface area contributed by atoms with E-state index < -0.39 is 5.41 Å². The summed E-state index contributed by atoms with van der Waals surface area (Å²) < 4.78 is 0. The highest BCUT2D eigenvalue weighted by atomic mass is 14.8. The maximum atomic E-state index is 7.15. The second-order valence-corrected chi connectivity index (χ2v) is 8.55. The van der Waals surface area contributed by atoms with E-state index in [1.54, 1.807) is 0 Å². The zero-order valence-electron chi connectivity index (χ0n) is 17.6. The fourth-order valence-corrected chi connectivity index (χ4v) is 5.43. The molecule has 0 radical (unpaired) electrons. The summed E-state index contributed by atoms with van der Waals surface area (Å²) in [6.45, 7) is 0. The smallest absolute Gasteiger partial charge is 0.0522 e. The molecule has 0 bridgehead atoms. The van der Waals surface area contributed by atoms with Gasteiger partial charge in [-0.05, 0) is 46.2 Å². The molecule has 154 valence electrons. The van der Waals surface area contributed by atoms with Crippen molar-refractivity contribution in [1.82, 2.24) is 0 Å². The minimum Gasteiger partial charge on any atom is -0.326 e. The first-order chi connectivity index (χ1) is 15.2. The van der Waals surface area contributed by atoms with Crippen molar-refractivity contribution >= 4 is 0 Å². The van der Waals surface area contributed by atoms with E-state index in [0.29, 0.717) is 0 Å². The van der Waals surface area contributed by atoms with Gasteiger partial charge in [-0.2, -0.15) is 0 Å². The molecule has 4 N–H and O–H groups in total. The monoisotopic (exact) mass is 404 g/mol. The summed E-state index contributed by atoms with van der Waals surface area (Å²) in [4.78, 5) is 0. The van der Waals surface area contributed by atoms with Gasteiger partial charge >= 0.3 is 0 Å². The van der Waals surface area contributed by atoms with Crippen molar-refractivity contribution in [3.63, 3.8) is 0 Å². The molecule has 0 aliphatic heterocycles. The van der Waals surface area contributed by atoms with Gasteiger partial charge in [-0.15, -0.1) is 0 Å². The highest BCUT2D eigenvalue weighted by molar-refractivity contribution is 5.82. The summed E-state index contributed by atoms with van der Waals surface area (Å²) in [5.74, 6) is 0. The highest BCUT2D eigenvalue weighted by Crippen LogP contribution is 2.52. The van der Waals surface area contributed by atoms with Crippen LogP contribution in [0, 0.1) is 0 Å². The minimum atomic E-state index is -0.459. The molecule has 4 aromatic carbocycles. The van der Waals surface area contributed by atoms with E-state index in [2.05, 4.69) is 97.1 Å². The number of hydrogen-bond donors (Lipinski definition) is 2. The topological polar surface area (TPSA) is 52.0 Å². The van der Waals surface area contributed by atoms with Crippen molar-refractivity contribution in [1.29, 1.82) is 0 Å². The number of hydrogen-bond acceptors (Lipinski definition) is 2. The molecule has 1 aliphatic carbocycles. The summed E-state index contributed by atoms with van der Waals surface area (Å²) in [7, 11) is 0. The van der Waals surface area contributed by atoms with Crippen molar-refractivity contribution in [3.8, 4) is 11.1 Å². The van der Waals surface area contributed by atoms with Crippen LogP contribution in [0.15, 0.2) is 109 Å². The van der Waals surface area contributed by atoms with Gasteiger partial charge in [-0.1, -0.05) is 109 Å². The Morgan fingerprint density at radius 3 is 1.26 bits per heavy atom. The van der Waals surface area contributed by atoms with Gasteiger partial charge in [-0.3, -0.25) is 0 Å². The molecule has 0 saturated heterocycles. The normalized spacial score (nSPS) is 15.7. The zero-order chi connectivity index (χ0) is 21.3. The van der Waals surface area contributed by atoms with Gasteiger partial charge in [0, 0.05) is 12.1 Å². The first kappa shape index (κ1) is 19.7. The van der Waals surface area contributed by atoms with E-state index in [9.17, 15) is 0 Å². The number of benzene rings is 4. The van der Waals surface area contributed by atoms with Gasteiger partial charge in [0.2, 0.25) is 0 Å². The van der Waals surface area contributed by atoms with E-state index in [1.807, 2.05) is 12.1 Å². The highest BCUT2D eigenvalue weighted by Gasteiger charge is 2.51. The van der Waals surface area contributed by atoms with E-state index in [0.717, 1.165) is 12.8 Å². The molecule has 0 spiro atoms. The minimum absolute atomic E-state index is 0.154. The predicted molar refractivity (Wildman–Crippen MR) is 129 cm³/mol. The Balaban J connectivity index is 1.68. The Kier molecular flexibility index (Phi) is 5.19. The molecule has 4 aromatic rings. The second kappa shape index (κ2) is 8.14. The van der Waals surface area contributed by atoms with Crippen molar-refractivity contribution in [2.24, 2.45) is 11.5 Å². The van der Waals surface area contributed by atoms with Gasteiger partial charge in [-0.25, -0.2) is 0 Å². The lowest BCUT2D eigenvalue weighted by atomic mass is 9.64. The molecule has 2 atom stereocenters. The van der Waals surface area contributed by atoms with E-state index in [4.69, 9.17) is 11.5 Å². The fourth-order valence-electron chi connectivity index (χ4n) is 5.43. The molecule has 0 aromatic heterocycles. The van der Waals surface area contributed by atoms with Crippen LogP contribution in [0.4, 0.5) is 0 Å². The molecule has 0 saturated carbocycles. The standard InChI is InChI=1S/C29H28N2/c30-27(19-21-11-3-1-4-12-21)29(28(31)20-22-13-5-2-6-14-22)25-17-9-7-15-23(25)24-16-8-10-18-26(24)29/h1-18,27-28H,19-20,30-31H2. The molecule has 2 unspecified atom stereocenters. The lowest BCUT2D eigenvalue weighted by Gasteiger charge is -2.43. The van der Waals surface area contributed by atoms with Gasteiger partial charge in [0.05, 0.1) is 5.41 Å². The Hall–Kier alpha value is -3.20. The Bertz CT molecular complexity index is 1070. The van der Waals surface area contributed by atoms with Crippen LogP contribution >= 0.6 is 0 Å². The summed E-state index contributed by atoms with van der Waals surface area (Å²) in [6.07, 6.45) is 1.54. The lowest BCUT2D eigenvalue weighted by Crippen LogP contribution is -2.58. The third kappa shape index (κ3) is 3.29. The summed E-state index contributed by atoms with van der Waals surface area (Å²) in [5.41, 5.74) is 21.3. The molecule has 1 aliphatic rings. The van der Waals surface area contributed by atoms with Crippen molar-refractivity contribution < 1.29 is 0 Å². The van der Waals surface area contributed by atoms with Crippen LogP contribution in [0.2, 0.25) is 0 Å². The number of rotatable bonds is 6. The zero-order valence-corrected chi connectivity index (χ0v) is 17.6. The first-order valence-corrected chi connectivity index (χ1v) is 11.0. The van der Waals surface area contributed by atoms with E-state index >= 15 is 0 Å². The van der Waals surface area contributed by atoms with Crippen molar-refractivity contribution in [3.05, 3.63) is 131 Å². The third-order valence-corrected chi connectivity index (χ3v) is 6.80. The predicted octanol–water partition coefficient (Wildman–Crippen LogP) is 5.09. The van der Waals surface area contributed by atoms with Crippen LogP contribution < -0.4 is 11.5 Å². The third-order valence-electron chi connectivity index (χ3n) is 6.80. The van der Waals surface area contributed by atoms with Gasteiger partial charge in [0.25, 0.3) is 0 Å². The fraction of sp³-hybridized carbons (Fsp3) is 0.172. The van der Waals surface area contributed by atoms with Crippen LogP contribution in [0.1, 0.15) is 22.3 Å². The Morgan fingerprint density at radius 2 is 0.839 bits per heavy atom. The Morgan fingerprint density at radius 1 is 0.484 bits per heavy atom. The second-order valence-electron chi connectivity index (χ2n) is 8.55. The molecule has 0 fully saturated rings. The van der Waals surface area contributed by atoms with Crippen LogP contribution in [0.5, 0.6) is 0 Å². The SMILES string of the molecule is NC(Cc1ccccc1)C1(C(N)Cc2ccccc2)c2ccccc2-c2ccccc21. The van der Waals surface area contributed by atoms with Gasteiger partial charge in [0.1, 0.15) is 0 Å². The summed E-state index contributed by atoms with van der Waals surface area (Å²) >= 11 is 0. The van der Waals surface area contributed by atoms with Crippen molar-refractivity contribution in [2.75, 3.05) is 0 Å². The average Bonchev–Trinajstić information content (AvgIpc) is 3.12. The van der Waals surface area contributed by atoms with E-state index in [-0.39, 0.29) is 12.1 Å². The van der Waals surface area contributed by atoms with Crippen molar-refractivity contribution in [2.45, 2.75) is 30.3 Å². The first-order valence-electron chi connectivity index (χ1n) is 11.0. The molecule has 2 nitrogen and oxygen atoms in total. The quantitative estimate of drug-likeness (QED) is 0.470. The summed E-state index contributed by atoms with van der Waals surface area (Å²) in [5, 5.41) is 0. The number of fused-ring (bicyclic) bond motifs is 3. The number of nitrogens with two attached hydrogens (primary N) is 2. The van der Waals surface area contributed by atoms with Crippen LogP contribution in [-0.4, -0.2) is 12.1 Å². The molecule has 31 heavy (non-hydrogen) atoms. The maximum absolute atomic E-state index is 7.15. The molecular weight excluding hydrogens is 376 g/mol. The molecule has 0 heterocycles. The van der Waals surface area contributed by atoms with Crippen LogP contribution in [-0.2, 0) is 18.3 Å². The molecule has 0 amide bonds. The maximum Gasteiger partial charge on any atom is 0.0522 e. The van der Waals surface area contributed by atoms with Crippen LogP contribution in [0.3, 0.4) is 0 Å². The summed E-state index contributed by atoms with van der Waals surface area (Å²) in [6, 6.07) is 38.0. The average molecular weight is 405 g/mol. The van der Waals surface area contributed by atoms with Gasteiger partial charge in [0.15, 0.2) is 0 Å².